The lowest BCUT2D eigenvalue weighted by Gasteiger charge is -2.11. The van der Waals surface area contributed by atoms with E-state index < -0.39 is 24.3 Å². The molecule has 5 heteroatoms. The molecular formula is C22H32O5. The third-order valence-electron chi connectivity index (χ3n) is 3.44. The standard InChI is InChI=1S/C22H32O5/c1-2-3-9-16-20(24)21(25)17-12-7-5-4-6-10-14-19(23)15-11-8-13-18-22(26)27/h3-12,14,17,19-21,23-25H,2,13,15-16,18H2,1H3,(H,26,27)/b6-4-,7-5-,9-3-,11-8-,14-10+,17-12+/t19?,20-,21?/m0/s1. The minimum atomic E-state index is -0.904. The molecule has 0 saturated heterocycles. The molecule has 5 nitrogen and oxygen atoms in total. The maximum absolute atomic E-state index is 10.3. The van der Waals surface area contributed by atoms with Crippen LogP contribution in [0.1, 0.15) is 39.0 Å². The van der Waals surface area contributed by atoms with Crippen LogP contribution in [0.2, 0.25) is 0 Å². The Bertz CT molecular complexity index is 555. The van der Waals surface area contributed by atoms with E-state index in [4.69, 9.17) is 5.11 Å². The largest absolute Gasteiger partial charge is 0.481 e. The Morgan fingerprint density at radius 1 is 0.815 bits per heavy atom. The summed E-state index contributed by atoms with van der Waals surface area (Å²) in [4.78, 5) is 10.3. The lowest BCUT2D eigenvalue weighted by atomic mass is 10.1. The van der Waals surface area contributed by atoms with Crippen LogP contribution in [0.5, 0.6) is 0 Å². The molecule has 0 saturated carbocycles. The molecule has 0 aromatic carbocycles. The Kier molecular flexibility index (Phi) is 15.8. The van der Waals surface area contributed by atoms with Crippen molar-refractivity contribution in [3.05, 3.63) is 72.9 Å². The summed E-state index contributed by atoms with van der Waals surface area (Å²) in [5.41, 5.74) is 0. The Labute approximate surface area is 162 Å². The highest BCUT2D eigenvalue weighted by molar-refractivity contribution is 5.66. The van der Waals surface area contributed by atoms with Crippen molar-refractivity contribution in [3.8, 4) is 0 Å². The van der Waals surface area contributed by atoms with Gasteiger partial charge in [0, 0.05) is 6.42 Å². The van der Waals surface area contributed by atoms with E-state index in [1.807, 2.05) is 19.1 Å². The number of hydrogen-bond donors (Lipinski definition) is 4. The maximum Gasteiger partial charge on any atom is 0.303 e. The minimum absolute atomic E-state index is 0.0951. The van der Waals surface area contributed by atoms with Gasteiger partial charge in [-0.3, -0.25) is 4.79 Å². The summed E-state index contributed by atoms with van der Waals surface area (Å²) in [6.45, 7) is 2.01. The fraction of sp³-hybridized carbons (Fsp3) is 0.409. The predicted octanol–water partition coefficient (Wildman–Crippen LogP) is 3.46. The van der Waals surface area contributed by atoms with Gasteiger partial charge in [-0.15, -0.1) is 0 Å². The van der Waals surface area contributed by atoms with E-state index in [1.54, 1.807) is 54.7 Å². The third-order valence-corrected chi connectivity index (χ3v) is 3.44. The second-order valence-electron chi connectivity index (χ2n) is 5.92. The molecule has 0 rings (SSSR count). The zero-order valence-corrected chi connectivity index (χ0v) is 15.9. The summed E-state index contributed by atoms with van der Waals surface area (Å²) in [6, 6.07) is 0. The van der Waals surface area contributed by atoms with Gasteiger partial charge in [0.25, 0.3) is 0 Å². The number of aliphatic hydroxyl groups excluding tert-OH is 3. The van der Waals surface area contributed by atoms with E-state index in [9.17, 15) is 20.1 Å². The van der Waals surface area contributed by atoms with Crippen LogP contribution >= 0.6 is 0 Å². The third kappa shape index (κ3) is 17.0. The van der Waals surface area contributed by atoms with Gasteiger partial charge < -0.3 is 20.4 Å². The number of aliphatic hydroxyl groups is 3. The van der Waals surface area contributed by atoms with Crippen molar-refractivity contribution >= 4 is 5.97 Å². The highest BCUT2D eigenvalue weighted by Gasteiger charge is 2.10. The van der Waals surface area contributed by atoms with Crippen LogP contribution in [0, 0.1) is 0 Å². The van der Waals surface area contributed by atoms with Crippen molar-refractivity contribution < 1.29 is 25.2 Å². The molecular weight excluding hydrogens is 344 g/mol. The molecule has 150 valence electrons. The fourth-order valence-corrected chi connectivity index (χ4v) is 1.94. The first-order valence-corrected chi connectivity index (χ1v) is 9.21. The van der Waals surface area contributed by atoms with Crippen molar-refractivity contribution in [1.82, 2.24) is 0 Å². The first kappa shape index (κ1) is 24.8. The van der Waals surface area contributed by atoms with Gasteiger partial charge in [-0.05, 0) is 25.7 Å². The van der Waals surface area contributed by atoms with E-state index in [-0.39, 0.29) is 6.42 Å². The van der Waals surface area contributed by atoms with Crippen LogP contribution < -0.4 is 0 Å². The van der Waals surface area contributed by atoms with Crippen molar-refractivity contribution in [2.75, 3.05) is 0 Å². The molecule has 0 bridgehead atoms. The molecule has 0 aromatic heterocycles. The molecule has 0 aliphatic heterocycles. The molecule has 0 fully saturated rings. The van der Waals surface area contributed by atoms with E-state index in [2.05, 4.69) is 0 Å². The van der Waals surface area contributed by atoms with Crippen molar-refractivity contribution in [3.63, 3.8) is 0 Å². The quantitative estimate of drug-likeness (QED) is 0.275. The smallest absolute Gasteiger partial charge is 0.303 e. The molecule has 0 aliphatic rings. The summed E-state index contributed by atoms with van der Waals surface area (Å²) < 4.78 is 0. The van der Waals surface area contributed by atoms with Gasteiger partial charge >= 0.3 is 5.97 Å². The Morgan fingerprint density at radius 2 is 1.41 bits per heavy atom. The molecule has 2 unspecified atom stereocenters. The van der Waals surface area contributed by atoms with Crippen LogP contribution in [0.3, 0.4) is 0 Å². The normalized spacial score (nSPS) is 16.6. The second-order valence-corrected chi connectivity index (χ2v) is 5.92. The SMILES string of the molecule is CC/C=C\C[C@H](O)C(O)/C=C/C=C\C=C/C=C/C(O)C/C=C\CCC(=O)O. The van der Waals surface area contributed by atoms with Gasteiger partial charge in [0.15, 0.2) is 0 Å². The highest BCUT2D eigenvalue weighted by atomic mass is 16.4. The minimum Gasteiger partial charge on any atom is -0.481 e. The van der Waals surface area contributed by atoms with Crippen LogP contribution in [0.4, 0.5) is 0 Å². The molecule has 0 heterocycles. The lowest BCUT2D eigenvalue weighted by molar-refractivity contribution is -0.136. The molecule has 3 atom stereocenters. The number of carboxylic acids is 1. The van der Waals surface area contributed by atoms with Crippen molar-refractivity contribution in [2.45, 2.75) is 57.3 Å². The molecule has 0 radical (unpaired) electrons. The monoisotopic (exact) mass is 376 g/mol. The number of allylic oxidation sites excluding steroid dienone is 8. The summed E-state index contributed by atoms with van der Waals surface area (Å²) in [6.07, 6.45) is 21.0. The van der Waals surface area contributed by atoms with E-state index >= 15 is 0 Å². The lowest BCUT2D eigenvalue weighted by Crippen LogP contribution is -2.22. The second kappa shape index (κ2) is 17.2. The molecule has 27 heavy (non-hydrogen) atoms. The average Bonchev–Trinajstić information content (AvgIpc) is 2.63. The number of carboxylic acid groups (broad SMARTS) is 1. The molecule has 0 amide bonds. The number of hydrogen-bond acceptors (Lipinski definition) is 4. The summed E-state index contributed by atoms with van der Waals surface area (Å²) >= 11 is 0. The molecule has 0 aliphatic carbocycles. The fourth-order valence-electron chi connectivity index (χ4n) is 1.94. The maximum atomic E-state index is 10.3. The van der Waals surface area contributed by atoms with E-state index in [0.717, 1.165) is 6.42 Å². The van der Waals surface area contributed by atoms with Gasteiger partial charge in [-0.2, -0.15) is 0 Å². The molecule has 0 aromatic rings. The highest BCUT2D eigenvalue weighted by Crippen LogP contribution is 2.03. The first-order chi connectivity index (χ1) is 13.0. The van der Waals surface area contributed by atoms with Gasteiger partial charge in [0.1, 0.15) is 0 Å². The first-order valence-electron chi connectivity index (χ1n) is 9.21. The number of carbonyl (C=O) groups is 1. The number of aliphatic carboxylic acids is 1. The van der Waals surface area contributed by atoms with E-state index in [1.165, 1.54) is 6.08 Å². The van der Waals surface area contributed by atoms with Gasteiger partial charge in [-0.1, -0.05) is 79.8 Å². The summed E-state index contributed by atoms with van der Waals surface area (Å²) in [5.74, 6) is -0.831. The summed E-state index contributed by atoms with van der Waals surface area (Å²) in [5, 5.41) is 37.7. The zero-order valence-electron chi connectivity index (χ0n) is 15.9. The van der Waals surface area contributed by atoms with Crippen molar-refractivity contribution in [2.24, 2.45) is 0 Å². The van der Waals surface area contributed by atoms with Gasteiger partial charge in [-0.25, -0.2) is 0 Å². The van der Waals surface area contributed by atoms with Crippen LogP contribution in [0.25, 0.3) is 0 Å². The zero-order chi connectivity index (χ0) is 20.3. The Balaban J connectivity index is 4.03. The average molecular weight is 376 g/mol. The molecule has 0 spiro atoms. The topological polar surface area (TPSA) is 98.0 Å². The predicted molar refractivity (Wildman–Crippen MR) is 109 cm³/mol. The van der Waals surface area contributed by atoms with Crippen molar-refractivity contribution in [1.29, 1.82) is 0 Å². The van der Waals surface area contributed by atoms with Crippen LogP contribution in [0.15, 0.2) is 72.9 Å². The van der Waals surface area contributed by atoms with E-state index in [0.29, 0.717) is 19.3 Å². The summed E-state index contributed by atoms with van der Waals surface area (Å²) in [7, 11) is 0. The van der Waals surface area contributed by atoms with Crippen LogP contribution in [-0.4, -0.2) is 44.7 Å². The number of rotatable bonds is 14. The van der Waals surface area contributed by atoms with Gasteiger partial charge in [0.2, 0.25) is 0 Å². The van der Waals surface area contributed by atoms with Crippen LogP contribution in [-0.2, 0) is 4.79 Å². The Hall–Kier alpha value is -2.21. The Morgan fingerprint density at radius 3 is 2.04 bits per heavy atom. The molecule has 4 N–H and O–H groups in total. The van der Waals surface area contributed by atoms with Gasteiger partial charge in [0.05, 0.1) is 18.3 Å².